The van der Waals surface area contributed by atoms with Crippen molar-refractivity contribution >= 4 is 34.2 Å². The van der Waals surface area contributed by atoms with Gasteiger partial charge in [-0.3, -0.25) is 4.79 Å². The van der Waals surface area contributed by atoms with Crippen molar-refractivity contribution in [2.24, 2.45) is 5.73 Å². The summed E-state index contributed by atoms with van der Waals surface area (Å²) in [6.45, 7) is 0. The van der Waals surface area contributed by atoms with E-state index in [2.05, 4.69) is 27.6 Å². The van der Waals surface area contributed by atoms with Gasteiger partial charge in [-0.15, -0.1) is 0 Å². The van der Waals surface area contributed by atoms with Gasteiger partial charge >= 0.3 is 0 Å². The zero-order valence-corrected chi connectivity index (χ0v) is 11.4. The van der Waals surface area contributed by atoms with Crippen LogP contribution >= 0.6 is 22.6 Å². The first-order valence-corrected chi connectivity index (χ1v) is 6.14. The van der Waals surface area contributed by atoms with Crippen molar-refractivity contribution in [2.75, 3.05) is 5.73 Å². The topological polar surface area (TPSA) is 91.2 Å². The molecule has 0 aliphatic carbocycles. The van der Waals surface area contributed by atoms with Crippen LogP contribution in [-0.2, 0) is 0 Å². The molecule has 0 saturated carbocycles. The molecule has 1 heterocycles. The van der Waals surface area contributed by atoms with Crippen LogP contribution in [-0.4, -0.2) is 10.9 Å². The molecular weight excluding hydrogens is 345 g/mol. The number of primary amides is 1. The van der Waals surface area contributed by atoms with Crippen molar-refractivity contribution in [3.63, 3.8) is 0 Å². The van der Waals surface area contributed by atoms with Gasteiger partial charge in [0.25, 0.3) is 5.91 Å². The molecule has 6 heteroatoms. The first kappa shape index (κ1) is 12.6. The average Bonchev–Trinajstić information content (AvgIpc) is 2.31. The first-order chi connectivity index (χ1) is 8.56. The van der Waals surface area contributed by atoms with Gasteiger partial charge in [0.1, 0.15) is 11.4 Å². The number of amides is 1. The molecule has 0 bridgehead atoms. The van der Waals surface area contributed by atoms with Crippen LogP contribution in [0.2, 0.25) is 0 Å². The van der Waals surface area contributed by atoms with Crippen LogP contribution in [0.15, 0.2) is 36.4 Å². The van der Waals surface area contributed by atoms with Crippen molar-refractivity contribution in [3.8, 4) is 11.6 Å². The predicted octanol–water partition coefficient (Wildman–Crippen LogP) is 2.16. The Hall–Kier alpha value is -1.83. The Morgan fingerprint density at radius 2 is 2.06 bits per heavy atom. The summed E-state index contributed by atoms with van der Waals surface area (Å²) >= 11 is 2.17. The Kier molecular flexibility index (Phi) is 3.66. The molecule has 0 fully saturated rings. The molecule has 5 nitrogen and oxygen atoms in total. The molecule has 18 heavy (non-hydrogen) atoms. The molecule has 0 unspecified atom stereocenters. The molecule has 92 valence electrons. The highest BCUT2D eigenvalue weighted by atomic mass is 127. The van der Waals surface area contributed by atoms with Crippen LogP contribution in [0.25, 0.3) is 0 Å². The second-order valence-corrected chi connectivity index (χ2v) is 4.76. The van der Waals surface area contributed by atoms with Crippen molar-refractivity contribution in [2.45, 2.75) is 0 Å². The normalized spacial score (nSPS) is 10.1. The van der Waals surface area contributed by atoms with E-state index in [1.165, 1.54) is 12.1 Å². The van der Waals surface area contributed by atoms with Gasteiger partial charge in [0.15, 0.2) is 0 Å². The third-order valence-electron chi connectivity index (χ3n) is 2.15. The molecule has 0 aliphatic rings. The maximum absolute atomic E-state index is 11.0. The summed E-state index contributed by atoms with van der Waals surface area (Å²) in [4.78, 5) is 15.0. The van der Waals surface area contributed by atoms with E-state index in [0.29, 0.717) is 11.4 Å². The molecule has 1 aromatic heterocycles. The van der Waals surface area contributed by atoms with Crippen LogP contribution in [0.3, 0.4) is 0 Å². The Labute approximate surface area is 117 Å². The van der Waals surface area contributed by atoms with Crippen LogP contribution in [0.4, 0.5) is 5.69 Å². The van der Waals surface area contributed by atoms with Gasteiger partial charge in [-0.1, -0.05) is 6.07 Å². The van der Waals surface area contributed by atoms with E-state index < -0.39 is 5.91 Å². The number of nitrogens with two attached hydrogens (primary N) is 2. The predicted molar refractivity (Wildman–Crippen MR) is 76.4 cm³/mol. The molecule has 2 rings (SSSR count). The molecule has 4 N–H and O–H groups in total. The van der Waals surface area contributed by atoms with Gasteiger partial charge in [0, 0.05) is 3.57 Å². The summed E-state index contributed by atoms with van der Waals surface area (Å²) in [5, 5.41) is 0. The number of benzene rings is 1. The summed E-state index contributed by atoms with van der Waals surface area (Å²) in [6.07, 6.45) is 0. The van der Waals surface area contributed by atoms with E-state index in [1.807, 2.05) is 18.2 Å². The number of aromatic nitrogens is 1. The Balaban J connectivity index is 2.33. The van der Waals surface area contributed by atoms with Gasteiger partial charge < -0.3 is 16.2 Å². The third-order valence-corrected chi connectivity index (χ3v) is 2.82. The molecule has 0 spiro atoms. The van der Waals surface area contributed by atoms with Crippen LogP contribution < -0.4 is 16.2 Å². The largest absolute Gasteiger partial charge is 0.437 e. The second kappa shape index (κ2) is 5.21. The number of anilines is 1. The number of carbonyl (C=O) groups is 1. The van der Waals surface area contributed by atoms with E-state index in [9.17, 15) is 4.79 Å². The van der Waals surface area contributed by atoms with Crippen molar-refractivity contribution < 1.29 is 9.53 Å². The Morgan fingerprint density at radius 3 is 2.72 bits per heavy atom. The van der Waals surface area contributed by atoms with Crippen LogP contribution in [0.1, 0.15) is 10.5 Å². The molecule has 0 radical (unpaired) electrons. The lowest BCUT2D eigenvalue weighted by molar-refractivity contribution is 0.0995. The quantitative estimate of drug-likeness (QED) is 0.826. The number of hydrogen-bond acceptors (Lipinski definition) is 4. The SMILES string of the molecule is NC(=O)c1ccc(N)c(Oc2cccc(I)c2)n1. The maximum atomic E-state index is 11.0. The molecule has 0 atom stereocenters. The minimum Gasteiger partial charge on any atom is -0.437 e. The van der Waals surface area contributed by atoms with Crippen LogP contribution in [0.5, 0.6) is 11.6 Å². The monoisotopic (exact) mass is 355 g/mol. The van der Waals surface area contributed by atoms with E-state index in [-0.39, 0.29) is 11.6 Å². The smallest absolute Gasteiger partial charge is 0.267 e. The van der Waals surface area contributed by atoms with Gasteiger partial charge in [0.2, 0.25) is 5.88 Å². The van der Waals surface area contributed by atoms with Crippen molar-refractivity contribution in [1.29, 1.82) is 0 Å². The fraction of sp³-hybridized carbons (Fsp3) is 0. The lowest BCUT2D eigenvalue weighted by Crippen LogP contribution is -2.13. The number of carbonyl (C=O) groups excluding carboxylic acids is 1. The van der Waals surface area contributed by atoms with E-state index in [0.717, 1.165) is 3.57 Å². The number of ether oxygens (including phenoxy) is 1. The minimum atomic E-state index is -0.623. The number of rotatable bonds is 3. The summed E-state index contributed by atoms with van der Waals surface area (Å²) < 4.78 is 6.55. The third kappa shape index (κ3) is 2.89. The van der Waals surface area contributed by atoms with Crippen molar-refractivity contribution in [3.05, 3.63) is 45.7 Å². The van der Waals surface area contributed by atoms with Gasteiger partial charge in [-0.25, -0.2) is 4.98 Å². The summed E-state index contributed by atoms with van der Waals surface area (Å²) in [5.41, 5.74) is 11.3. The zero-order chi connectivity index (χ0) is 13.1. The summed E-state index contributed by atoms with van der Waals surface area (Å²) in [6, 6.07) is 10.4. The van der Waals surface area contributed by atoms with Gasteiger partial charge in [-0.05, 0) is 52.9 Å². The van der Waals surface area contributed by atoms with E-state index in [1.54, 1.807) is 6.07 Å². The molecule has 2 aromatic rings. The highest BCUT2D eigenvalue weighted by molar-refractivity contribution is 14.1. The highest BCUT2D eigenvalue weighted by Gasteiger charge is 2.09. The average molecular weight is 355 g/mol. The molecule has 1 amide bonds. The first-order valence-electron chi connectivity index (χ1n) is 5.06. The summed E-state index contributed by atoms with van der Waals surface area (Å²) in [7, 11) is 0. The Bertz CT molecular complexity index is 602. The highest BCUT2D eigenvalue weighted by Crippen LogP contribution is 2.26. The molecule has 1 aromatic carbocycles. The number of hydrogen-bond donors (Lipinski definition) is 2. The minimum absolute atomic E-state index is 0.116. The lowest BCUT2D eigenvalue weighted by Gasteiger charge is -2.08. The van der Waals surface area contributed by atoms with Gasteiger partial charge in [-0.2, -0.15) is 0 Å². The second-order valence-electron chi connectivity index (χ2n) is 3.51. The molecular formula is C12H10IN3O2. The summed E-state index contributed by atoms with van der Waals surface area (Å²) in [5.74, 6) is 0.151. The maximum Gasteiger partial charge on any atom is 0.267 e. The van der Waals surface area contributed by atoms with E-state index >= 15 is 0 Å². The fourth-order valence-electron chi connectivity index (χ4n) is 1.31. The standard InChI is InChI=1S/C12H10IN3O2/c13-7-2-1-3-8(6-7)18-12-9(14)4-5-10(16-12)11(15)17/h1-6H,14H2,(H2,15,17). The lowest BCUT2D eigenvalue weighted by atomic mass is 10.3. The number of halogens is 1. The molecule has 0 saturated heterocycles. The van der Waals surface area contributed by atoms with Crippen molar-refractivity contribution in [1.82, 2.24) is 4.98 Å². The fourth-order valence-corrected chi connectivity index (χ4v) is 1.83. The van der Waals surface area contributed by atoms with Gasteiger partial charge in [0.05, 0.1) is 5.69 Å². The van der Waals surface area contributed by atoms with E-state index in [4.69, 9.17) is 16.2 Å². The Morgan fingerprint density at radius 1 is 1.28 bits per heavy atom. The number of pyridine rings is 1. The molecule has 0 aliphatic heterocycles. The zero-order valence-electron chi connectivity index (χ0n) is 9.26. The van der Waals surface area contributed by atoms with Crippen LogP contribution in [0, 0.1) is 3.57 Å². The number of nitrogens with zero attached hydrogens (tertiary/aromatic N) is 1. The number of nitrogen functional groups attached to an aromatic ring is 1.